The highest BCUT2D eigenvalue weighted by atomic mass is 32.2. The first kappa shape index (κ1) is 36.7. The van der Waals surface area contributed by atoms with Crippen LogP contribution in [0.5, 0.6) is 0 Å². The highest BCUT2D eigenvalue weighted by molar-refractivity contribution is 7.90. The van der Waals surface area contributed by atoms with Crippen LogP contribution in [0.15, 0.2) is 0 Å². The first-order chi connectivity index (χ1) is 16.2. The van der Waals surface area contributed by atoms with Crippen LogP contribution in [-0.4, -0.2) is 105 Å². The molecule has 0 spiro atoms. The summed E-state index contributed by atoms with van der Waals surface area (Å²) in [5.41, 5.74) is 0. The SMILES string of the molecule is CCN(CCC[N+](C)(C)C)S(=O)(=O)C(F)(F)C(F)(F)C(F)(F)C(F)(F)C(F)(F)C(F)(F)C(F)(F)C(F)(F)F. The van der Waals surface area contributed by atoms with Gasteiger partial charge >= 0.3 is 47.0 Å². The molecule has 0 saturated heterocycles. The van der Waals surface area contributed by atoms with E-state index in [2.05, 4.69) is 0 Å². The Balaban J connectivity index is 6.82. The molecule has 0 saturated carbocycles. The lowest BCUT2D eigenvalue weighted by molar-refractivity contribution is -0.870. The van der Waals surface area contributed by atoms with Crippen molar-refractivity contribution in [1.29, 1.82) is 0 Å². The molecule has 0 heterocycles. The van der Waals surface area contributed by atoms with Crippen molar-refractivity contribution in [2.24, 2.45) is 0 Å². The van der Waals surface area contributed by atoms with Crippen LogP contribution in [0.2, 0.25) is 0 Å². The van der Waals surface area contributed by atoms with Gasteiger partial charge in [0, 0.05) is 19.5 Å². The van der Waals surface area contributed by atoms with E-state index in [4.69, 9.17) is 0 Å². The third-order valence-electron chi connectivity index (χ3n) is 4.95. The third kappa shape index (κ3) is 5.36. The first-order valence-corrected chi connectivity index (χ1v) is 11.1. The van der Waals surface area contributed by atoms with Gasteiger partial charge in [0.05, 0.1) is 27.7 Å². The monoisotopic (exact) mass is 627 g/mol. The van der Waals surface area contributed by atoms with Crippen molar-refractivity contribution in [2.75, 3.05) is 40.8 Å². The molecule has 0 fully saturated rings. The molecule has 0 radical (unpaired) electrons. The quantitative estimate of drug-likeness (QED) is 0.194. The van der Waals surface area contributed by atoms with Crippen LogP contribution in [-0.2, 0) is 10.0 Å². The highest BCUT2D eigenvalue weighted by Gasteiger charge is 2.96. The van der Waals surface area contributed by atoms with Crippen molar-refractivity contribution in [3.8, 4) is 0 Å². The van der Waals surface area contributed by atoms with Gasteiger partial charge in [-0.3, -0.25) is 0 Å². The van der Waals surface area contributed by atoms with Gasteiger partial charge in [-0.15, -0.1) is 0 Å². The standard InChI is InChI=1S/C16H20F17N2O2S/c1-5-34(7-6-8-35(2,3)4)38(36,37)16(32,33)14(27,28)12(23,24)10(19,20)9(17,18)11(21,22)13(25,26)15(29,30)31/h5-8H2,1-4H3/q+1. The summed E-state index contributed by atoms with van der Waals surface area (Å²) >= 11 is 0. The molecule has 230 valence electrons. The molecule has 0 N–H and O–H groups in total. The number of hydrogen-bond donors (Lipinski definition) is 0. The smallest absolute Gasteiger partial charge is 0.331 e. The van der Waals surface area contributed by atoms with Gasteiger partial charge in [0.25, 0.3) is 10.0 Å². The van der Waals surface area contributed by atoms with Crippen LogP contribution >= 0.6 is 0 Å². The lowest BCUT2D eigenvalue weighted by Gasteiger charge is -2.43. The second-order valence-electron chi connectivity index (χ2n) is 8.83. The molecule has 0 aliphatic carbocycles. The zero-order chi connectivity index (χ0) is 31.4. The van der Waals surface area contributed by atoms with Crippen molar-refractivity contribution >= 4 is 10.0 Å². The molecular formula is C16H20F17N2O2S+. The van der Waals surface area contributed by atoms with Crippen molar-refractivity contribution < 1.29 is 87.5 Å². The Labute approximate surface area is 204 Å². The molecule has 0 aromatic heterocycles. The number of sulfonamides is 1. The second-order valence-corrected chi connectivity index (χ2v) is 10.8. The molecule has 0 aliphatic rings. The maximum Gasteiger partial charge on any atom is 0.460 e. The summed E-state index contributed by atoms with van der Waals surface area (Å²) in [6, 6.07) is 0. The van der Waals surface area contributed by atoms with Crippen molar-refractivity contribution in [3.63, 3.8) is 0 Å². The van der Waals surface area contributed by atoms with Gasteiger partial charge in [-0.2, -0.15) is 78.9 Å². The molecule has 0 aromatic rings. The number of nitrogens with zero attached hydrogens (tertiary/aromatic N) is 2. The van der Waals surface area contributed by atoms with Gasteiger partial charge in [0.1, 0.15) is 0 Å². The average molecular weight is 627 g/mol. The summed E-state index contributed by atoms with van der Waals surface area (Å²) in [6.45, 7) is -1.86. The van der Waals surface area contributed by atoms with Crippen LogP contribution < -0.4 is 0 Å². The molecule has 0 atom stereocenters. The van der Waals surface area contributed by atoms with E-state index in [1.165, 1.54) is 21.1 Å². The van der Waals surface area contributed by atoms with Crippen molar-refractivity contribution in [3.05, 3.63) is 0 Å². The van der Waals surface area contributed by atoms with Gasteiger partial charge < -0.3 is 4.48 Å². The zero-order valence-electron chi connectivity index (χ0n) is 19.4. The lowest BCUT2D eigenvalue weighted by atomic mass is 9.91. The van der Waals surface area contributed by atoms with Crippen molar-refractivity contribution in [2.45, 2.75) is 60.3 Å². The van der Waals surface area contributed by atoms with Crippen LogP contribution in [0.1, 0.15) is 13.3 Å². The Bertz CT molecular complexity index is 939. The topological polar surface area (TPSA) is 37.4 Å². The largest absolute Gasteiger partial charge is 0.460 e. The van der Waals surface area contributed by atoms with Crippen LogP contribution in [0.4, 0.5) is 74.6 Å². The number of halogens is 17. The van der Waals surface area contributed by atoms with Gasteiger partial charge in [-0.05, 0) is 0 Å². The fraction of sp³-hybridized carbons (Fsp3) is 1.00. The lowest BCUT2D eigenvalue weighted by Crippen LogP contribution is -2.75. The molecule has 0 aromatic carbocycles. The van der Waals surface area contributed by atoms with E-state index in [1.807, 2.05) is 0 Å². The normalized spacial score (nSPS) is 16.4. The minimum atomic E-state index is -8.83. The number of alkyl halides is 17. The van der Waals surface area contributed by atoms with E-state index in [1.54, 1.807) is 0 Å². The zero-order valence-corrected chi connectivity index (χ0v) is 20.2. The number of quaternary nitrogens is 1. The maximum atomic E-state index is 14.3. The molecule has 0 unspecified atom stereocenters. The Morgan fingerprint density at radius 1 is 0.579 bits per heavy atom. The number of rotatable bonds is 13. The fourth-order valence-corrected chi connectivity index (χ4v) is 4.13. The van der Waals surface area contributed by atoms with E-state index >= 15 is 0 Å². The predicted octanol–water partition coefficient (Wildman–Crippen LogP) is 5.70. The van der Waals surface area contributed by atoms with E-state index in [0.717, 1.165) is 0 Å². The Morgan fingerprint density at radius 2 is 0.895 bits per heavy atom. The third-order valence-corrected chi connectivity index (χ3v) is 6.97. The van der Waals surface area contributed by atoms with Crippen LogP contribution in [0.25, 0.3) is 0 Å². The summed E-state index contributed by atoms with van der Waals surface area (Å²) in [6.07, 6.45) is -8.34. The Hall–Kier alpha value is -1.32. The fourth-order valence-electron chi connectivity index (χ4n) is 2.64. The highest BCUT2D eigenvalue weighted by Crippen LogP contribution is 2.64. The van der Waals surface area contributed by atoms with E-state index in [0.29, 0.717) is 6.92 Å². The van der Waals surface area contributed by atoms with E-state index < -0.39 is 80.8 Å². The molecular weight excluding hydrogens is 607 g/mol. The van der Waals surface area contributed by atoms with Gasteiger partial charge in [-0.25, -0.2) is 8.42 Å². The van der Waals surface area contributed by atoms with E-state index in [-0.39, 0.29) is 11.0 Å². The molecule has 38 heavy (non-hydrogen) atoms. The summed E-state index contributed by atoms with van der Waals surface area (Å²) in [5.74, 6) is -51.6. The summed E-state index contributed by atoms with van der Waals surface area (Å²) in [7, 11) is -2.87. The van der Waals surface area contributed by atoms with E-state index in [9.17, 15) is 83.1 Å². The average Bonchev–Trinajstić information content (AvgIpc) is 2.68. The summed E-state index contributed by atoms with van der Waals surface area (Å²) < 4.78 is 251. The molecule has 4 nitrogen and oxygen atoms in total. The second kappa shape index (κ2) is 9.95. The van der Waals surface area contributed by atoms with Gasteiger partial charge in [0.15, 0.2) is 0 Å². The van der Waals surface area contributed by atoms with Crippen LogP contribution in [0, 0.1) is 0 Å². The minimum absolute atomic E-state index is 0.0136. The minimum Gasteiger partial charge on any atom is -0.331 e. The molecule has 0 bridgehead atoms. The van der Waals surface area contributed by atoms with Gasteiger partial charge in [0.2, 0.25) is 0 Å². The molecule has 0 amide bonds. The van der Waals surface area contributed by atoms with Crippen LogP contribution in [0.3, 0.4) is 0 Å². The van der Waals surface area contributed by atoms with Crippen molar-refractivity contribution in [1.82, 2.24) is 4.31 Å². The molecule has 0 aliphatic heterocycles. The maximum absolute atomic E-state index is 14.3. The van der Waals surface area contributed by atoms with Gasteiger partial charge in [-0.1, -0.05) is 6.92 Å². The first-order valence-electron chi connectivity index (χ1n) is 9.68. The predicted molar refractivity (Wildman–Crippen MR) is 94.4 cm³/mol. The molecule has 22 heteroatoms. The molecule has 0 rings (SSSR count). The summed E-state index contributed by atoms with van der Waals surface area (Å²) in [4.78, 5) is 0. The number of hydrogen-bond acceptors (Lipinski definition) is 2. The Kier molecular flexibility index (Phi) is 9.60. The summed E-state index contributed by atoms with van der Waals surface area (Å²) in [5, 5.41) is -7.52. The Morgan fingerprint density at radius 3 is 1.18 bits per heavy atom.